The summed E-state index contributed by atoms with van der Waals surface area (Å²) in [5.41, 5.74) is 1.24. The Morgan fingerprint density at radius 2 is 1.64 bits per heavy atom. The minimum Gasteiger partial charge on any atom is -0.300 e. The van der Waals surface area contributed by atoms with Crippen molar-refractivity contribution in [3.63, 3.8) is 0 Å². The van der Waals surface area contributed by atoms with E-state index in [2.05, 4.69) is 27.6 Å². The Morgan fingerprint density at radius 1 is 0.964 bits per heavy atom. The van der Waals surface area contributed by atoms with E-state index in [1.807, 2.05) is 18.2 Å². The fraction of sp³-hybridized carbons (Fsp3) is 0.211. The number of hydrogen-bond donors (Lipinski definition) is 1. The summed E-state index contributed by atoms with van der Waals surface area (Å²) in [6, 6.07) is 18.3. The molecule has 0 aliphatic carbocycles. The Bertz CT molecular complexity index is 1010. The molecule has 0 saturated carbocycles. The van der Waals surface area contributed by atoms with E-state index in [0.29, 0.717) is 10.9 Å². The van der Waals surface area contributed by atoms with Gasteiger partial charge < -0.3 is 5.32 Å². The van der Waals surface area contributed by atoms with E-state index in [4.69, 9.17) is 0 Å². The van der Waals surface area contributed by atoms with Crippen LogP contribution in [-0.4, -0.2) is 30.3 Å². The number of nitrogens with one attached hydrogen (secondary N) is 1. The highest BCUT2D eigenvalue weighted by molar-refractivity contribution is 7.97. The van der Waals surface area contributed by atoms with Gasteiger partial charge in [0.05, 0.1) is 10.6 Å². The highest BCUT2D eigenvalue weighted by Gasteiger charge is 2.17. The van der Waals surface area contributed by atoms with E-state index in [1.54, 1.807) is 30.0 Å². The van der Waals surface area contributed by atoms with Gasteiger partial charge in [0.1, 0.15) is 5.01 Å². The number of nitrogens with zero attached hydrogens (tertiary/aromatic N) is 2. The van der Waals surface area contributed by atoms with Gasteiger partial charge in [-0.05, 0) is 17.7 Å². The number of aromatic nitrogens is 2. The van der Waals surface area contributed by atoms with Crippen LogP contribution in [0.5, 0.6) is 0 Å². The Labute approximate surface area is 172 Å². The lowest BCUT2D eigenvalue weighted by molar-refractivity contribution is -0.115. The van der Waals surface area contributed by atoms with Crippen LogP contribution in [-0.2, 0) is 26.1 Å². The smallest absolute Gasteiger partial charge is 0.227 e. The van der Waals surface area contributed by atoms with Gasteiger partial charge in [0.25, 0.3) is 0 Å². The molecule has 1 amide bonds. The second-order valence-corrected chi connectivity index (χ2v) is 10.1. The number of amides is 1. The Balaban J connectivity index is 1.45. The molecule has 0 fully saturated rings. The third-order valence-electron chi connectivity index (χ3n) is 3.75. The average Bonchev–Trinajstić information content (AvgIpc) is 3.15. The van der Waals surface area contributed by atoms with Crippen molar-refractivity contribution in [3.05, 3.63) is 71.2 Å². The number of hydrogen-bond acceptors (Lipinski definition) is 7. The van der Waals surface area contributed by atoms with E-state index >= 15 is 0 Å². The molecule has 146 valence electrons. The van der Waals surface area contributed by atoms with Gasteiger partial charge in [-0.15, -0.1) is 22.0 Å². The fourth-order valence-corrected chi connectivity index (χ4v) is 5.41. The van der Waals surface area contributed by atoms with Gasteiger partial charge in [0, 0.05) is 17.9 Å². The summed E-state index contributed by atoms with van der Waals surface area (Å²) < 4.78 is 24.4. The van der Waals surface area contributed by atoms with Crippen LogP contribution in [0.25, 0.3) is 0 Å². The Hall–Kier alpha value is -2.23. The minimum atomic E-state index is -3.48. The maximum atomic E-state index is 12.2. The first-order valence-electron chi connectivity index (χ1n) is 8.55. The number of thioether (sulfide) groups is 1. The van der Waals surface area contributed by atoms with E-state index in [1.165, 1.54) is 29.0 Å². The van der Waals surface area contributed by atoms with E-state index in [-0.39, 0.29) is 23.0 Å². The lowest BCUT2D eigenvalue weighted by Crippen LogP contribution is -2.17. The molecule has 0 unspecified atom stereocenters. The molecular weight excluding hydrogens is 414 g/mol. The largest absolute Gasteiger partial charge is 0.300 e. The van der Waals surface area contributed by atoms with Crippen LogP contribution in [0, 0.1) is 0 Å². The molecule has 1 heterocycles. The van der Waals surface area contributed by atoms with E-state index < -0.39 is 9.84 Å². The maximum Gasteiger partial charge on any atom is 0.227 e. The van der Waals surface area contributed by atoms with Gasteiger partial charge >= 0.3 is 0 Å². The second-order valence-electron chi connectivity index (χ2n) is 5.91. The van der Waals surface area contributed by atoms with Gasteiger partial charge in [-0.25, -0.2) is 8.42 Å². The van der Waals surface area contributed by atoms with Crippen LogP contribution in [0.3, 0.4) is 0 Å². The lowest BCUT2D eigenvalue weighted by Gasteiger charge is -2.04. The zero-order valence-corrected chi connectivity index (χ0v) is 17.4. The van der Waals surface area contributed by atoms with Gasteiger partial charge in [-0.3, -0.25) is 4.79 Å². The molecule has 0 bridgehead atoms. The molecular formula is C19H19N3O3S3. The van der Waals surface area contributed by atoms with Crippen molar-refractivity contribution in [1.82, 2.24) is 10.2 Å². The van der Waals surface area contributed by atoms with Crippen LogP contribution >= 0.6 is 23.1 Å². The minimum absolute atomic E-state index is 0.130. The van der Waals surface area contributed by atoms with Crippen molar-refractivity contribution >= 4 is 44.0 Å². The van der Waals surface area contributed by atoms with Crippen molar-refractivity contribution in [2.75, 3.05) is 11.1 Å². The molecule has 0 atom stereocenters. The number of carbonyl (C=O) groups is 1. The molecule has 6 nitrogen and oxygen atoms in total. The SMILES string of the molecule is O=C(CCS(=O)(=O)c1ccccc1)Nc1nnc(CSCc2ccccc2)s1. The van der Waals surface area contributed by atoms with Crippen LogP contribution in [0.1, 0.15) is 17.0 Å². The molecule has 2 aromatic carbocycles. The lowest BCUT2D eigenvalue weighted by atomic mass is 10.2. The zero-order chi connectivity index (χ0) is 19.8. The number of anilines is 1. The summed E-state index contributed by atoms with van der Waals surface area (Å²) >= 11 is 3.02. The molecule has 0 aliphatic heterocycles. The molecule has 9 heteroatoms. The number of carbonyl (C=O) groups excluding carboxylic acids is 1. The molecule has 0 saturated heterocycles. The van der Waals surface area contributed by atoms with Crippen molar-refractivity contribution in [1.29, 1.82) is 0 Å². The first-order chi connectivity index (χ1) is 13.5. The predicted octanol–water partition coefficient (Wildman–Crippen LogP) is 3.77. The van der Waals surface area contributed by atoms with Gasteiger partial charge in [-0.2, -0.15) is 0 Å². The second kappa shape index (κ2) is 9.81. The number of rotatable bonds is 9. The average molecular weight is 434 g/mol. The third-order valence-corrected chi connectivity index (χ3v) is 7.52. The predicted molar refractivity (Wildman–Crippen MR) is 113 cm³/mol. The summed E-state index contributed by atoms with van der Waals surface area (Å²) in [4.78, 5) is 12.3. The third kappa shape index (κ3) is 6.15. The van der Waals surface area contributed by atoms with E-state index in [0.717, 1.165) is 10.8 Å². The maximum absolute atomic E-state index is 12.2. The molecule has 0 radical (unpaired) electrons. The monoisotopic (exact) mass is 433 g/mol. The molecule has 3 aromatic rings. The standard InChI is InChI=1S/C19H19N3O3S3/c23-17(11-12-28(24,25)16-9-5-2-6-10-16)20-19-22-21-18(27-19)14-26-13-15-7-3-1-4-8-15/h1-10H,11-14H2,(H,20,22,23). The molecule has 1 aromatic heterocycles. The van der Waals surface area contributed by atoms with Crippen molar-refractivity contribution in [3.8, 4) is 0 Å². The molecule has 3 rings (SSSR count). The van der Waals surface area contributed by atoms with Crippen molar-refractivity contribution < 1.29 is 13.2 Å². The quantitative estimate of drug-likeness (QED) is 0.552. The van der Waals surface area contributed by atoms with Crippen LogP contribution < -0.4 is 5.32 Å². The molecule has 0 spiro atoms. The highest BCUT2D eigenvalue weighted by atomic mass is 32.2. The number of benzene rings is 2. The Kier molecular flexibility index (Phi) is 7.18. The van der Waals surface area contributed by atoms with Gasteiger partial charge in [0.15, 0.2) is 9.84 Å². The first kappa shape index (κ1) is 20.5. The van der Waals surface area contributed by atoms with Gasteiger partial charge in [-0.1, -0.05) is 59.9 Å². The molecule has 0 aliphatic rings. The summed E-state index contributed by atoms with van der Waals surface area (Å²) in [5.74, 6) is 0.935. The van der Waals surface area contributed by atoms with E-state index in [9.17, 15) is 13.2 Å². The normalized spacial score (nSPS) is 11.3. The fourth-order valence-electron chi connectivity index (χ4n) is 2.35. The van der Waals surface area contributed by atoms with Crippen LogP contribution in [0.4, 0.5) is 5.13 Å². The molecule has 28 heavy (non-hydrogen) atoms. The summed E-state index contributed by atoms with van der Waals surface area (Å²) in [7, 11) is -3.48. The summed E-state index contributed by atoms with van der Waals surface area (Å²) in [5, 5.41) is 11.9. The van der Waals surface area contributed by atoms with Gasteiger partial charge in [0.2, 0.25) is 11.0 Å². The van der Waals surface area contributed by atoms with Crippen LogP contribution in [0.15, 0.2) is 65.6 Å². The summed E-state index contributed by atoms with van der Waals surface area (Å²) in [6.45, 7) is 0. The topological polar surface area (TPSA) is 89.0 Å². The first-order valence-corrected chi connectivity index (χ1v) is 12.2. The van der Waals surface area contributed by atoms with Crippen LogP contribution in [0.2, 0.25) is 0 Å². The van der Waals surface area contributed by atoms with Crippen molar-refractivity contribution in [2.24, 2.45) is 0 Å². The number of sulfone groups is 1. The summed E-state index contributed by atoms with van der Waals surface area (Å²) in [6.07, 6.45) is -0.130. The van der Waals surface area contributed by atoms with Crippen molar-refractivity contribution in [2.45, 2.75) is 22.8 Å². The zero-order valence-electron chi connectivity index (χ0n) is 14.9. The molecule has 1 N–H and O–H groups in total. The highest BCUT2D eigenvalue weighted by Crippen LogP contribution is 2.23. The Morgan fingerprint density at radius 3 is 2.36 bits per heavy atom.